The maximum Gasteiger partial charge on any atom is 0.290 e. The Morgan fingerprint density at radius 1 is 1.38 bits per heavy atom. The Morgan fingerprint density at radius 2 is 2.24 bits per heavy atom. The van der Waals surface area contributed by atoms with Crippen LogP contribution in [0.2, 0.25) is 0 Å². The van der Waals surface area contributed by atoms with Gasteiger partial charge in [-0.15, -0.1) is 0 Å². The number of carbonyl (C=O) groups excluding carboxylic acids is 1. The third kappa shape index (κ3) is 6.04. The van der Waals surface area contributed by atoms with Gasteiger partial charge in [-0.3, -0.25) is 4.79 Å². The van der Waals surface area contributed by atoms with E-state index in [0.717, 1.165) is 25.0 Å². The summed E-state index contributed by atoms with van der Waals surface area (Å²) in [5.74, 6) is -1.98. The fraction of sp³-hybridized carbons (Fsp3) is 0.400. The molecule has 2 heterocycles. The molecule has 1 N–H and O–H groups in total. The molecule has 6 nitrogen and oxygen atoms in total. The van der Waals surface area contributed by atoms with Crippen LogP contribution >= 0.6 is 11.8 Å². The highest BCUT2D eigenvalue weighted by Crippen LogP contribution is 2.29. The van der Waals surface area contributed by atoms with Crippen LogP contribution in [0.5, 0.6) is 11.5 Å². The number of nitrogens with zero attached hydrogens (tertiary/aromatic N) is 1. The predicted octanol–water partition coefficient (Wildman–Crippen LogP) is 3.89. The van der Waals surface area contributed by atoms with Gasteiger partial charge in [-0.25, -0.2) is 4.98 Å². The van der Waals surface area contributed by atoms with Gasteiger partial charge in [-0.05, 0) is 54.4 Å². The lowest BCUT2D eigenvalue weighted by Crippen LogP contribution is -2.23. The van der Waals surface area contributed by atoms with E-state index in [2.05, 4.69) is 10.3 Å². The lowest BCUT2D eigenvalue weighted by molar-refractivity contribution is 0.0669. The molecule has 1 aromatic heterocycles. The number of ether oxygens (including phenoxy) is 3. The Hall–Kier alpha value is -2.39. The van der Waals surface area contributed by atoms with Gasteiger partial charge in [0.2, 0.25) is 0 Å². The fourth-order valence-electron chi connectivity index (χ4n) is 2.92. The van der Waals surface area contributed by atoms with Crippen LogP contribution in [0, 0.1) is 0 Å². The second kappa shape index (κ2) is 10.4. The summed E-state index contributed by atoms with van der Waals surface area (Å²) in [6.45, 7) is 1.42. The Morgan fingerprint density at radius 3 is 2.97 bits per heavy atom. The normalized spacial score (nSPS) is 16.1. The summed E-state index contributed by atoms with van der Waals surface area (Å²) in [4.78, 5) is 16.3. The van der Waals surface area contributed by atoms with Crippen LogP contribution in [0.3, 0.4) is 0 Å². The van der Waals surface area contributed by atoms with Crippen LogP contribution < -0.4 is 14.8 Å². The van der Waals surface area contributed by atoms with Crippen molar-refractivity contribution in [2.75, 3.05) is 20.3 Å². The molecule has 1 aliphatic heterocycles. The Bertz CT molecular complexity index is 832. The second-order valence-corrected chi connectivity index (χ2v) is 7.33. The Balaban J connectivity index is 1.61. The molecule has 1 aliphatic rings. The summed E-state index contributed by atoms with van der Waals surface area (Å²) in [5, 5.41) is 2.72. The average molecular weight is 424 g/mol. The molecule has 0 radical (unpaired) electrons. The smallest absolute Gasteiger partial charge is 0.290 e. The molecule has 1 aromatic carbocycles. The third-order valence-corrected chi connectivity index (χ3v) is 5.07. The van der Waals surface area contributed by atoms with Gasteiger partial charge in [0.05, 0.1) is 18.8 Å². The van der Waals surface area contributed by atoms with Crippen LogP contribution in [-0.4, -0.2) is 43.1 Å². The molecule has 1 fully saturated rings. The van der Waals surface area contributed by atoms with Crippen molar-refractivity contribution in [1.29, 1.82) is 0 Å². The highest BCUT2D eigenvalue weighted by molar-refractivity contribution is 7.99. The number of pyridine rings is 1. The summed E-state index contributed by atoms with van der Waals surface area (Å²) in [7, 11) is 1.54. The molecule has 0 aliphatic carbocycles. The second-order valence-electron chi connectivity index (χ2n) is 6.35. The van der Waals surface area contributed by atoms with Crippen molar-refractivity contribution in [3.05, 3.63) is 47.7 Å². The van der Waals surface area contributed by atoms with Crippen molar-refractivity contribution in [3.8, 4) is 11.5 Å². The van der Waals surface area contributed by atoms with E-state index >= 15 is 0 Å². The molecule has 0 spiro atoms. The molecule has 1 unspecified atom stereocenters. The number of nitrogens with one attached hydrogen (secondary N) is 1. The van der Waals surface area contributed by atoms with Crippen LogP contribution in [-0.2, 0) is 11.3 Å². The first-order chi connectivity index (χ1) is 14.1. The van der Waals surface area contributed by atoms with E-state index in [4.69, 9.17) is 14.2 Å². The molecule has 1 atom stereocenters. The number of carbonyl (C=O) groups is 1. The topological polar surface area (TPSA) is 69.7 Å². The molecule has 9 heteroatoms. The number of rotatable bonds is 9. The fourth-order valence-corrected chi connectivity index (χ4v) is 3.50. The van der Waals surface area contributed by atoms with Crippen molar-refractivity contribution < 1.29 is 27.8 Å². The van der Waals surface area contributed by atoms with Gasteiger partial charge in [-0.2, -0.15) is 8.78 Å². The number of methoxy groups -OCH3 is 1. The molecule has 3 rings (SSSR count). The van der Waals surface area contributed by atoms with Crippen LogP contribution in [0.4, 0.5) is 8.78 Å². The standard InChI is InChI=1S/C20H22F2N2O4S/c1-26-17-10-13(6-7-16(17)28-12-14-4-3-9-27-14)11-24-18(25)15-5-2-8-23-19(15)29-20(21)22/h2,5-8,10,14,20H,3-4,9,11-12H2,1H3,(H,24,25). The maximum atomic E-state index is 12.7. The zero-order chi connectivity index (χ0) is 20.6. The van der Waals surface area contributed by atoms with Crippen molar-refractivity contribution in [3.63, 3.8) is 0 Å². The van der Waals surface area contributed by atoms with Gasteiger partial charge in [0.1, 0.15) is 11.6 Å². The van der Waals surface area contributed by atoms with Crippen molar-refractivity contribution in [1.82, 2.24) is 10.3 Å². The minimum absolute atomic E-state index is 0.00420. The number of halogens is 2. The SMILES string of the molecule is COc1cc(CNC(=O)c2cccnc2SC(F)F)ccc1OCC1CCCO1. The van der Waals surface area contributed by atoms with Crippen LogP contribution in [0.25, 0.3) is 0 Å². The van der Waals surface area contributed by atoms with E-state index in [-0.39, 0.29) is 35.0 Å². The minimum Gasteiger partial charge on any atom is -0.493 e. The third-order valence-electron chi connectivity index (χ3n) is 4.35. The van der Waals surface area contributed by atoms with E-state index in [1.54, 1.807) is 19.2 Å². The largest absolute Gasteiger partial charge is 0.493 e. The summed E-state index contributed by atoms with van der Waals surface area (Å²) in [6.07, 6.45) is 3.49. The van der Waals surface area contributed by atoms with Gasteiger partial charge in [0.25, 0.3) is 11.7 Å². The quantitative estimate of drug-likeness (QED) is 0.616. The number of amides is 1. The van der Waals surface area contributed by atoms with Crippen LogP contribution in [0.1, 0.15) is 28.8 Å². The van der Waals surface area contributed by atoms with E-state index in [9.17, 15) is 13.6 Å². The van der Waals surface area contributed by atoms with Crippen LogP contribution in [0.15, 0.2) is 41.6 Å². The molecular formula is C20H22F2N2O4S. The lowest BCUT2D eigenvalue weighted by atomic mass is 10.2. The van der Waals surface area contributed by atoms with Crippen molar-refractivity contribution in [2.45, 2.75) is 36.3 Å². The van der Waals surface area contributed by atoms with Gasteiger partial charge in [-0.1, -0.05) is 6.07 Å². The molecule has 29 heavy (non-hydrogen) atoms. The zero-order valence-electron chi connectivity index (χ0n) is 15.9. The van der Waals surface area contributed by atoms with E-state index in [1.807, 2.05) is 6.07 Å². The summed E-state index contributed by atoms with van der Waals surface area (Å²) in [5.41, 5.74) is 0.896. The highest BCUT2D eigenvalue weighted by Gasteiger charge is 2.18. The van der Waals surface area contributed by atoms with E-state index in [0.29, 0.717) is 18.1 Å². The molecule has 1 amide bonds. The zero-order valence-corrected chi connectivity index (χ0v) is 16.7. The lowest BCUT2D eigenvalue weighted by Gasteiger charge is -2.15. The summed E-state index contributed by atoms with van der Waals surface area (Å²) < 4.78 is 42.0. The number of hydrogen-bond donors (Lipinski definition) is 1. The average Bonchev–Trinajstić information content (AvgIpc) is 3.24. The monoisotopic (exact) mass is 424 g/mol. The number of thioether (sulfide) groups is 1. The van der Waals surface area contributed by atoms with Gasteiger partial charge in [0, 0.05) is 19.3 Å². The molecule has 1 saturated heterocycles. The summed E-state index contributed by atoms with van der Waals surface area (Å²) in [6, 6.07) is 8.36. The summed E-state index contributed by atoms with van der Waals surface area (Å²) >= 11 is 0.247. The van der Waals surface area contributed by atoms with E-state index < -0.39 is 11.7 Å². The van der Waals surface area contributed by atoms with Crippen molar-refractivity contribution >= 4 is 17.7 Å². The molecular weight excluding hydrogens is 402 g/mol. The minimum atomic E-state index is -2.65. The van der Waals surface area contributed by atoms with Crippen molar-refractivity contribution in [2.24, 2.45) is 0 Å². The Labute approximate surface area is 171 Å². The molecule has 156 valence electrons. The maximum absolute atomic E-state index is 12.7. The molecule has 0 bridgehead atoms. The first-order valence-electron chi connectivity index (χ1n) is 9.16. The van der Waals surface area contributed by atoms with Gasteiger partial charge in [0.15, 0.2) is 11.5 Å². The number of alkyl halides is 2. The number of hydrogen-bond acceptors (Lipinski definition) is 6. The predicted molar refractivity (Wildman–Crippen MR) is 105 cm³/mol. The number of benzene rings is 1. The van der Waals surface area contributed by atoms with E-state index in [1.165, 1.54) is 18.3 Å². The molecule has 2 aromatic rings. The van der Waals surface area contributed by atoms with Gasteiger partial charge < -0.3 is 19.5 Å². The molecule has 0 saturated carbocycles. The number of aromatic nitrogens is 1. The first-order valence-corrected chi connectivity index (χ1v) is 10.0. The Kier molecular flexibility index (Phi) is 7.65. The highest BCUT2D eigenvalue weighted by atomic mass is 32.2. The first kappa shape index (κ1) is 21.3. The van der Waals surface area contributed by atoms with Gasteiger partial charge >= 0.3 is 0 Å².